The van der Waals surface area contributed by atoms with Crippen LogP contribution in [0.4, 0.5) is 0 Å². The Hall–Kier alpha value is -3.97. The van der Waals surface area contributed by atoms with Gasteiger partial charge in [0.15, 0.2) is 0 Å². The van der Waals surface area contributed by atoms with Gasteiger partial charge in [-0.15, -0.1) is 0 Å². The van der Waals surface area contributed by atoms with Crippen LogP contribution in [-0.4, -0.2) is 46.9 Å². The number of aliphatic hydroxyl groups excluding tert-OH is 1. The lowest BCUT2D eigenvalue weighted by Crippen LogP contribution is -2.31. The highest BCUT2D eigenvalue weighted by Crippen LogP contribution is 2.39. The first kappa shape index (κ1) is 23.2. The molecule has 7 nitrogen and oxygen atoms in total. The number of pyridine rings is 1. The summed E-state index contributed by atoms with van der Waals surface area (Å²) in [5.41, 5.74) is 2.25. The number of nitrogens with zero attached hydrogens (tertiary/aromatic N) is 2. The van der Waals surface area contributed by atoms with Crippen LogP contribution in [0.5, 0.6) is 5.75 Å². The van der Waals surface area contributed by atoms with Crippen molar-refractivity contribution in [1.29, 1.82) is 0 Å². The Morgan fingerprint density at radius 2 is 1.71 bits per heavy atom. The van der Waals surface area contributed by atoms with Crippen LogP contribution in [0.1, 0.15) is 29.2 Å². The topological polar surface area (TPSA) is 89.0 Å². The zero-order chi connectivity index (χ0) is 23.9. The number of rotatable bonds is 9. The highest BCUT2D eigenvalue weighted by atomic mass is 16.5. The number of benzene rings is 2. The molecule has 0 saturated carbocycles. The molecule has 2 heterocycles. The van der Waals surface area contributed by atoms with E-state index in [9.17, 15) is 14.7 Å². The number of methoxy groups -OCH3 is 1. The summed E-state index contributed by atoms with van der Waals surface area (Å²) in [6.07, 6.45) is 3.61. The van der Waals surface area contributed by atoms with Gasteiger partial charge in [-0.3, -0.25) is 14.6 Å². The highest BCUT2D eigenvalue weighted by molar-refractivity contribution is 6.46. The van der Waals surface area contributed by atoms with Crippen LogP contribution in [0.25, 0.3) is 5.76 Å². The minimum atomic E-state index is -0.715. The number of hydrogen-bond donors (Lipinski definition) is 1. The molecule has 2 aromatic carbocycles. The van der Waals surface area contributed by atoms with E-state index in [1.165, 1.54) is 17.3 Å². The minimum Gasteiger partial charge on any atom is -0.507 e. The SMILES string of the molecule is COCCCN1C(=O)C(=O)/C(=C(\O)c2ccncc2)C1c1ccc(OCc2ccccc2)cc1. The predicted molar refractivity (Wildman–Crippen MR) is 127 cm³/mol. The van der Waals surface area contributed by atoms with Crippen LogP contribution < -0.4 is 4.74 Å². The summed E-state index contributed by atoms with van der Waals surface area (Å²) in [7, 11) is 1.59. The molecule has 1 atom stereocenters. The van der Waals surface area contributed by atoms with Crippen molar-refractivity contribution >= 4 is 17.4 Å². The van der Waals surface area contributed by atoms with Crippen LogP contribution in [-0.2, 0) is 20.9 Å². The molecule has 174 valence electrons. The number of ketones is 1. The Morgan fingerprint density at radius 3 is 2.38 bits per heavy atom. The number of likely N-dealkylation sites (tertiary alicyclic amines) is 1. The smallest absolute Gasteiger partial charge is 0.295 e. The highest BCUT2D eigenvalue weighted by Gasteiger charge is 2.45. The van der Waals surface area contributed by atoms with Gasteiger partial charge in [0.2, 0.25) is 0 Å². The summed E-state index contributed by atoms with van der Waals surface area (Å²) in [5, 5.41) is 11.0. The van der Waals surface area contributed by atoms with Crippen molar-refractivity contribution in [2.45, 2.75) is 19.1 Å². The zero-order valence-electron chi connectivity index (χ0n) is 18.9. The van der Waals surface area contributed by atoms with Gasteiger partial charge in [0.25, 0.3) is 11.7 Å². The molecule has 0 spiro atoms. The third-order valence-corrected chi connectivity index (χ3v) is 5.69. The van der Waals surface area contributed by atoms with E-state index in [-0.39, 0.29) is 11.3 Å². The van der Waals surface area contributed by atoms with E-state index in [0.29, 0.717) is 43.1 Å². The van der Waals surface area contributed by atoms with Gasteiger partial charge in [-0.2, -0.15) is 0 Å². The van der Waals surface area contributed by atoms with Gasteiger partial charge in [-0.25, -0.2) is 0 Å². The molecule has 3 aromatic rings. The van der Waals surface area contributed by atoms with Crippen molar-refractivity contribution in [1.82, 2.24) is 9.88 Å². The summed E-state index contributed by atoms with van der Waals surface area (Å²) in [4.78, 5) is 31.4. The lowest BCUT2D eigenvalue weighted by Gasteiger charge is -2.25. The van der Waals surface area contributed by atoms with E-state index in [1.807, 2.05) is 42.5 Å². The molecule has 1 unspecified atom stereocenters. The van der Waals surface area contributed by atoms with Crippen LogP contribution in [0.15, 0.2) is 84.7 Å². The van der Waals surface area contributed by atoms with Gasteiger partial charge in [-0.05, 0) is 41.8 Å². The third kappa shape index (κ3) is 5.00. The number of aromatic nitrogens is 1. The lowest BCUT2D eigenvalue weighted by molar-refractivity contribution is -0.140. The van der Waals surface area contributed by atoms with Crippen molar-refractivity contribution in [2.24, 2.45) is 0 Å². The second-order valence-corrected chi connectivity index (χ2v) is 7.92. The number of ether oxygens (including phenoxy) is 2. The van der Waals surface area contributed by atoms with E-state index in [1.54, 1.807) is 31.4 Å². The summed E-state index contributed by atoms with van der Waals surface area (Å²) < 4.78 is 11.0. The third-order valence-electron chi connectivity index (χ3n) is 5.69. The van der Waals surface area contributed by atoms with Gasteiger partial charge in [-0.1, -0.05) is 42.5 Å². The van der Waals surface area contributed by atoms with Gasteiger partial charge < -0.3 is 19.5 Å². The van der Waals surface area contributed by atoms with Crippen LogP contribution in [0.3, 0.4) is 0 Å². The van der Waals surface area contributed by atoms with Gasteiger partial charge in [0.05, 0.1) is 11.6 Å². The van der Waals surface area contributed by atoms with E-state index in [2.05, 4.69) is 4.98 Å². The normalized spacial score (nSPS) is 17.2. The van der Waals surface area contributed by atoms with Crippen LogP contribution in [0.2, 0.25) is 0 Å². The molecule has 1 aliphatic rings. The maximum atomic E-state index is 13.0. The Kier molecular flexibility index (Phi) is 7.34. The quantitative estimate of drug-likeness (QED) is 0.225. The molecule has 0 bridgehead atoms. The van der Waals surface area contributed by atoms with E-state index < -0.39 is 17.7 Å². The number of hydrogen-bond acceptors (Lipinski definition) is 6. The molecule has 1 saturated heterocycles. The fourth-order valence-corrected chi connectivity index (χ4v) is 3.99. The van der Waals surface area contributed by atoms with Crippen LogP contribution >= 0.6 is 0 Å². The van der Waals surface area contributed by atoms with E-state index in [0.717, 1.165) is 5.56 Å². The van der Waals surface area contributed by atoms with Gasteiger partial charge >= 0.3 is 0 Å². The maximum Gasteiger partial charge on any atom is 0.295 e. The summed E-state index contributed by atoms with van der Waals surface area (Å²) in [6, 6.07) is 19.6. The molecule has 1 aromatic heterocycles. The Bertz CT molecular complexity index is 1160. The standard InChI is InChI=1S/C27H26N2O5/c1-33-17-5-16-29-24(23(26(31)27(29)32)25(30)21-12-14-28-15-13-21)20-8-10-22(11-9-20)34-18-19-6-3-2-4-7-19/h2-4,6-15,24,30H,5,16-18H2,1H3/b25-23-. The van der Waals surface area contributed by atoms with E-state index in [4.69, 9.17) is 9.47 Å². The van der Waals surface area contributed by atoms with Crippen molar-refractivity contribution in [3.8, 4) is 5.75 Å². The maximum absolute atomic E-state index is 13.0. The number of Topliss-reactive ketones (excluding diaryl/α,β-unsaturated/α-hetero) is 1. The first-order chi connectivity index (χ1) is 16.6. The second kappa shape index (κ2) is 10.8. The van der Waals surface area contributed by atoms with Gasteiger partial charge in [0, 0.05) is 38.2 Å². The van der Waals surface area contributed by atoms with Crippen molar-refractivity contribution in [2.75, 3.05) is 20.3 Å². The molecule has 1 N–H and O–H groups in total. The largest absolute Gasteiger partial charge is 0.507 e. The fourth-order valence-electron chi connectivity index (χ4n) is 3.99. The van der Waals surface area contributed by atoms with Crippen molar-refractivity contribution < 1.29 is 24.2 Å². The number of carbonyl (C=O) groups excluding carboxylic acids is 2. The van der Waals surface area contributed by atoms with E-state index >= 15 is 0 Å². The molecule has 7 heteroatoms. The molecular weight excluding hydrogens is 432 g/mol. The zero-order valence-corrected chi connectivity index (χ0v) is 18.9. The van der Waals surface area contributed by atoms with Crippen molar-refractivity contribution in [3.63, 3.8) is 0 Å². The average molecular weight is 459 g/mol. The monoisotopic (exact) mass is 458 g/mol. The first-order valence-corrected chi connectivity index (χ1v) is 11.0. The molecule has 1 fully saturated rings. The Balaban J connectivity index is 1.65. The molecule has 4 rings (SSSR count). The average Bonchev–Trinajstić information content (AvgIpc) is 3.13. The summed E-state index contributed by atoms with van der Waals surface area (Å²) in [6.45, 7) is 1.20. The summed E-state index contributed by atoms with van der Waals surface area (Å²) >= 11 is 0. The molecule has 1 amide bonds. The molecule has 0 radical (unpaired) electrons. The second-order valence-electron chi connectivity index (χ2n) is 7.92. The predicted octanol–water partition coefficient (Wildman–Crippen LogP) is 4.12. The fraction of sp³-hybridized carbons (Fsp3) is 0.222. The van der Waals surface area contributed by atoms with Crippen LogP contribution in [0, 0.1) is 0 Å². The minimum absolute atomic E-state index is 0.0616. The number of amides is 1. The number of carbonyl (C=O) groups is 2. The number of aliphatic hydroxyl groups is 1. The molecule has 0 aliphatic carbocycles. The first-order valence-electron chi connectivity index (χ1n) is 11.0. The lowest BCUT2D eigenvalue weighted by atomic mass is 9.95. The van der Waals surface area contributed by atoms with Crippen molar-refractivity contribution in [3.05, 3.63) is 101 Å². The van der Waals surface area contributed by atoms with Gasteiger partial charge in [0.1, 0.15) is 18.1 Å². The Labute approximate surface area is 198 Å². The summed E-state index contributed by atoms with van der Waals surface area (Å²) in [5.74, 6) is -0.898. The molecule has 34 heavy (non-hydrogen) atoms. The molecule has 1 aliphatic heterocycles. The molecular formula is C27H26N2O5. The Morgan fingerprint density at radius 1 is 1.00 bits per heavy atom.